The third-order valence-corrected chi connectivity index (χ3v) is 3.08. The Hall–Kier alpha value is -1.09. The van der Waals surface area contributed by atoms with Crippen molar-refractivity contribution in [1.82, 2.24) is 4.98 Å². The number of ether oxygens (including phenoxy) is 1. The Kier molecular flexibility index (Phi) is 2.68. The second kappa shape index (κ2) is 3.96. The molecule has 2 aromatic rings. The van der Waals surface area contributed by atoms with Gasteiger partial charge >= 0.3 is 0 Å². The molecular formula is C11H13NOS. The fourth-order valence-corrected chi connectivity index (χ4v) is 2.07. The molecule has 0 amide bonds. The van der Waals surface area contributed by atoms with Gasteiger partial charge in [-0.15, -0.1) is 0 Å². The number of fused-ring (bicyclic) bond motifs is 1. The van der Waals surface area contributed by atoms with E-state index in [0.29, 0.717) is 0 Å². The van der Waals surface area contributed by atoms with Gasteiger partial charge in [-0.25, -0.2) is 4.98 Å². The van der Waals surface area contributed by atoms with Crippen molar-refractivity contribution in [2.75, 3.05) is 0 Å². The molecule has 1 aromatic heterocycles. The van der Waals surface area contributed by atoms with Gasteiger partial charge in [0, 0.05) is 0 Å². The molecule has 3 heteroatoms. The molecule has 74 valence electrons. The van der Waals surface area contributed by atoms with Crippen LogP contribution in [0.15, 0.2) is 24.3 Å². The third-order valence-electron chi connectivity index (χ3n) is 2.15. The van der Waals surface area contributed by atoms with Crippen molar-refractivity contribution in [3.8, 4) is 5.19 Å². The topological polar surface area (TPSA) is 22.1 Å². The van der Waals surface area contributed by atoms with Crippen molar-refractivity contribution >= 4 is 21.6 Å². The smallest absolute Gasteiger partial charge is 0.274 e. The molecule has 0 aliphatic rings. The second-order valence-corrected chi connectivity index (χ2v) is 4.28. The van der Waals surface area contributed by atoms with Crippen LogP contribution < -0.4 is 4.74 Å². The van der Waals surface area contributed by atoms with Crippen LogP contribution in [0.25, 0.3) is 10.2 Å². The van der Waals surface area contributed by atoms with E-state index in [4.69, 9.17) is 4.74 Å². The molecule has 0 saturated carbocycles. The monoisotopic (exact) mass is 207 g/mol. The summed E-state index contributed by atoms with van der Waals surface area (Å²) in [5.41, 5.74) is 1.02. The second-order valence-electron chi connectivity index (χ2n) is 3.28. The van der Waals surface area contributed by atoms with E-state index in [1.807, 2.05) is 18.2 Å². The average Bonchev–Trinajstić information content (AvgIpc) is 2.59. The quantitative estimate of drug-likeness (QED) is 0.768. The number of nitrogens with zero attached hydrogens (tertiary/aromatic N) is 1. The first-order chi connectivity index (χ1) is 6.79. The van der Waals surface area contributed by atoms with Crippen molar-refractivity contribution in [3.63, 3.8) is 0 Å². The van der Waals surface area contributed by atoms with E-state index in [1.165, 1.54) is 4.70 Å². The van der Waals surface area contributed by atoms with Gasteiger partial charge in [0.2, 0.25) is 0 Å². The number of para-hydroxylation sites is 1. The van der Waals surface area contributed by atoms with Crippen LogP contribution in [0, 0.1) is 0 Å². The third kappa shape index (κ3) is 1.87. The minimum Gasteiger partial charge on any atom is -0.467 e. The molecule has 1 heterocycles. The summed E-state index contributed by atoms with van der Waals surface area (Å²) in [6.07, 6.45) is 1.26. The van der Waals surface area contributed by atoms with Crippen molar-refractivity contribution in [2.45, 2.75) is 26.4 Å². The van der Waals surface area contributed by atoms with Crippen molar-refractivity contribution in [2.24, 2.45) is 0 Å². The van der Waals surface area contributed by atoms with Crippen molar-refractivity contribution < 1.29 is 4.74 Å². The number of rotatable bonds is 3. The van der Waals surface area contributed by atoms with Crippen molar-refractivity contribution in [3.05, 3.63) is 24.3 Å². The summed E-state index contributed by atoms with van der Waals surface area (Å²) in [7, 11) is 0. The van der Waals surface area contributed by atoms with Crippen LogP contribution in [-0.2, 0) is 0 Å². The van der Waals surface area contributed by atoms with E-state index < -0.39 is 0 Å². The lowest BCUT2D eigenvalue weighted by Crippen LogP contribution is -2.09. The molecule has 2 rings (SSSR count). The SMILES string of the molecule is CCC(C)Oc1nc2ccccc2s1. The van der Waals surface area contributed by atoms with Gasteiger partial charge in [0.1, 0.15) is 0 Å². The van der Waals surface area contributed by atoms with Gasteiger partial charge < -0.3 is 4.74 Å². The number of hydrogen-bond donors (Lipinski definition) is 0. The van der Waals surface area contributed by atoms with Crippen LogP contribution in [0.4, 0.5) is 0 Å². The van der Waals surface area contributed by atoms with Gasteiger partial charge in [-0.05, 0) is 25.5 Å². The minimum absolute atomic E-state index is 0.246. The summed E-state index contributed by atoms with van der Waals surface area (Å²) in [5, 5.41) is 0.778. The molecule has 1 unspecified atom stereocenters. The summed E-state index contributed by atoms with van der Waals surface area (Å²) >= 11 is 1.61. The summed E-state index contributed by atoms with van der Waals surface area (Å²) in [4.78, 5) is 4.40. The Bertz CT molecular complexity index is 391. The van der Waals surface area contributed by atoms with Gasteiger partial charge in [0.15, 0.2) is 0 Å². The predicted molar refractivity (Wildman–Crippen MR) is 60.0 cm³/mol. The first-order valence-corrected chi connectivity index (χ1v) is 5.63. The summed E-state index contributed by atoms with van der Waals surface area (Å²) in [5.74, 6) is 0. The number of benzene rings is 1. The molecule has 0 fully saturated rings. The summed E-state index contributed by atoms with van der Waals surface area (Å²) in [6, 6.07) is 8.09. The Morgan fingerprint density at radius 1 is 1.43 bits per heavy atom. The Balaban J connectivity index is 2.27. The van der Waals surface area contributed by atoms with Crippen LogP contribution in [0.2, 0.25) is 0 Å². The average molecular weight is 207 g/mol. The van der Waals surface area contributed by atoms with E-state index >= 15 is 0 Å². The highest BCUT2D eigenvalue weighted by Gasteiger charge is 2.06. The number of hydrogen-bond acceptors (Lipinski definition) is 3. The van der Waals surface area contributed by atoms with Crippen molar-refractivity contribution in [1.29, 1.82) is 0 Å². The maximum Gasteiger partial charge on any atom is 0.274 e. The molecule has 0 radical (unpaired) electrons. The maximum atomic E-state index is 5.66. The minimum atomic E-state index is 0.246. The Morgan fingerprint density at radius 3 is 2.93 bits per heavy atom. The highest BCUT2D eigenvalue weighted by atomic mass is 32.1. The lowest BCUT2D eigenvalue weighted by molar-refractivity contribution is 0.217. The number of aromatic nitrogens is 1. The first kappa shape index (κ1) is 9.46. The standard InChI is InChI=1S/C11H13NOS/c1-3-8(2)13-11-12-9-6-4-5-7-10(9)14-11/h4-8H,3H2,1-2H3. The zero-order valence-electron chi connectivity index (χ0n) is 8.36. The van der Waals surface area contributed by atoms with Crippen LogP contribution in [0.1, 0.15) is 20.3 Å². The highest BCUT2D eigenvalue weighted by Crippen LogP contribution is 2.28. The van der Waals surface area contributed by atoms with E-state index in [9.17, 15) is 0 Å². The molecule has 1 atom stereocenters. The molecule has 1 aromatic carbocycles. The van der Waals surface area contributed by atoms with Gasteiger partial charge in [-0.1, -0.05) is 30.4 Å². The van der Waals surface area contributed by atoms with Crippen LogP contribution >= 0.6 is 11.3 Å². The Labute approximate surface area is 87.5 Å². The zero-order valence-corrected chi connectivity index (χ0v) is 9.17. The molecule has 0 bridgehead atoms. The fraction of sp³-hybridized carbons (Fsp3) is 0.364. The molecule has 2 nitrogen and oxygen atoms in total. The van der Waals surface area contributed by atoms with Gasteiger partial charge in [-0.2, -0.15) is 0 Å². The normalized spacial score (nSPS) is 13.0. The largest absolute Gasteiger partial charge is 0.467 e. The zero-order chi connectivity index (χ0) is 9.97. The van der Waals surface area contributed by atoms with Gasteiger partial charge in [-0.3, -0.25) is 0 Å². The maximum absolute atomic E-state index is 5.66. The van der Waals surface area contributed by atoms with E-state index in [1.54, 1.807) is 11.3 Å². The molecule has 0 spiro atoms. The Morgan fingerprint density at radius 2 is 2.21 bits per heavy atom. The lowest BCUT2D eigenvalue weighted by atomic mass is 10.3. The van der Waals surface area contributed by atoms with E-state index in [2.05, 4.69) is 24.9 Å². The van der Waals surface area contributed by atoms with Gasteiger partial charge in [0.25, 0.3) is 5.19 Å². The molecule has 0 N–H and O–H groups in total. The molecule has 0 aliphatic heterocycles. The van der Waals surface area contributed by atoms with E-state index in [0.717, 1.165) is 17.1 Å². The fourth-order valence-electron chi connectivity index (χ4n) is 1.16. The summed E-state index contributed by atoms with van der Waals surface area (Å²) in [6.45, 7) is 4.17. The summed E-state index contributed by atoms with van der Waals surface area (Å²) < 4.78 is 6.84. The van der Waals surface area contributed by atoms with Gasteiger partial charge in [0.05, 0.1) is 16.3 Å². The molecule has 0 aliphatic carbocycles. The first-order valence-electron chi connectivity index (χ1n) is 4.82. The van der Waals surface area contributed by atoms with Crippen LogP contribution in [0.3, 0.4) is 0 Å². The lowest BCUT2D eigenvalue weighted by Gasteiger charge is -2.07. The highest BCUT2D eigenvalue weighted by molar-refractivity contribution is 7.20. The number of thiazole rings is 1. The van der Waals surface area contributed by atoms with Crippen LogP contribution in [-0.4, -0.2) is 11.1 Å². The molecular weight excluding hydrogens is 194 g/mol. The molecule has 14 heavy (non-hydrogen) atoms. The molecule has 0 saturated heterocycles. The predicted octanol–water partition coefficient (Wildman–Crippen LogP) is 3.47. The van der Waals surface area contributed by atoms with E-state index in [-0.39, 0.29) is 6.10 Å². The van der Waals surface area contributed by atoms with Crippen LogP contribution in [0.5, 0.6) is 5.19 Å².